The number of benzene rings is 2. The van der Waals surface area contributed by atoms with Crippen molar-refractivity contribution in [3.05, 3.63) is 54.1 Å². The molecule has 0 amide bonds. The zero-order valence-electron chi connectivity index (χ0n) is 11.7. The van der Waals surface area contributed by atoms with Gasteiger partial charge in [0.15, 0.2) is 0 Å². The first-order valence-electron chi connectivity index (χ1n) is 6.35. The van der Waals surface area contributed by atoms with E-state index in [2.05, 4.69) is 47.6 Å². The van der Waals surface area contributed by atoms with Crippen LogP contribution >= 0.6 is 0 Å². The van der Waals surface area contributed by atoms with Gasteiger partial charge < -0.3 is 15.0 Å². The number of para-hydroxylation sites is 2. The molecule has 19 heavy (non-hydrogen) atoms. The second-order valence-electron chi connectivity index (χ2n) is 4.48. The van der Waals surface area contributed by atoms with Crippen molar-refractivity contribution in [1.29, 1.82) is 0 Å². The first kappa shape index (κ1) is 13.3. The van der Waals surface area contributed by atoms with E-state index in [1.54, 1.807) is 7.11 Å². The molecule has 0 radical (unpaired) electrons. The molecular formula is C16H20N2O. The zero-order valence-corrected chi connectivity index (χ0v) is 11.7. The highest BCUT2D eigenvalue weighted by atomic mass is 16.5. The van der Waals surface area contributed by atoms with E-state index < -0.39 is 0 Å². The van der Waals surface area contributed by atoms with Crippen molar-refractivity contribution in [2.24, 2.45) is 0 Å². The van der Waals surface area contributed by atoms with Crippen LogP contribution in [0.2, 0.25) is 0 Å². The minimum atomic E-state index is 0.843. The summed E-state index contributed by atoms with van der Waals surface area (Å²) in [6.07, 6.45) is 0. The summed E-state index contributed by atoms with van der Waals surface area (Å²) in [4.78, 5) is 2.19. The summed E-state index contributed by atoms with van der Waals surface area (Å²) in [6, 6.07) is 16.5. The van der Waals surface area contributed by atoms with Gasteiger partial charge in [0, 0.05) is 26.3 Å². The fourth-order valence-electron chi connectivity index (χ4n) is 2.13. The van der Waals surface area contributed by atoms with Crippen molar-refractivity contribution in [2.75, 3.05) is 31.4 Å². The van der Waals surface area contributed by atoms with Crippen LogP contribution in [-0.2, 0) is 6.54 Å². The molecule has 0 aliphatic rings. The van der Waals surface area contributed by atoms with Gasteiger partial charge in [-0.05, 0) is 29.8 Å². The Labute approximate surface area is 114 Å². The van der Waals surface area contributed by atoms with Crippen LogP contribution in [0.3, 0.4) is 0 Å². The minimum Gasteiger partial charge on any atom is -0.495 e. The van der Waals surface area contributed by atoms with Crippen molar-refractivity contribution in [3.63, 3.8) is 0 Å². The van der Waals surface area contributed by atoms with Gasteiger partial charge in [-0.1, -0.05) is 24.3 Å². The average Bonchev–Trinajstić information content (AvgIpc) is 2.47. The maximum Gasteiger partial charge on any atom is 0.142 e. The highest BCUT2D eigenvalue weighted by molar-refractivity contribution is 5.58. The van der Waals surface area contributed by atoms with E-state index in [1.165, 1.54) is 5.56 Å². The van der Waals surface area contributed by atoms with Crippen LogP contribution in [0.4, 0.5) is 11.4 Å². The molecule has 3 heteroatoms. The van der Waals surface area contributed by atoms with E-state index in [0.717, 1.165) is 23.7 Å². The standard InChI is InChI=1S/C16H20N2O/c1-17-14-8-6-7-13(11-14)12-18(2)15-9-4-5-10-16(15)19-3/h4-11,17H,12H2,1-3H3. The number of rotatable bonds is 5. The Morgan fingerprint density at radius 2 is 1.89 bits per heavy atom. The minimum absolute atomic E-state index is 0.843. The lowest BCUT2D eigenvalue weighted by Gasteiger charge is -2.22. The molecule has 0 atom stereocenters. The number of nitrogens with zero attached hydrogens (tertiary/aromatic N) is 1. The van der Waals surface area contributed by atoms with Crippen LogP contribution in [0.5, 0.6) is 5.75 Å². The van der Waals surface area contributed by atoms with Gasteiger partial charge in [0.05, 0.1) is 12.8 Å². The molecular weight excluding hydrogens is 236 g/mol. The molecule has 100 valence electrons. The second kappa shape index (κ2) is 6.14. The van der Waals surface area contributed by atoms with E-state index in [1.807, 2.05) is 25.2 Å². The number of methoxy groups -OCH3 is 1. The Kier molecular flexibility index (Phi) is 4.29. The number of anilines is 2. The van der Waals surface area contributed by atoms with Gasteiger partial charge in [-0.3, -0.25) is 0 Å². The Bertz CT molecular complexity index is 540. The largest absolute Gasteiger partial charge is 0.495 e. The molecule has 2 rings (SSSR count). The van der Waals surface area contributed by atoms with Crippen LogP contribution < -0.4 is 15.0 Å². The SMILES string of the molecule is CNc1cccc(CN(C)c2ccccc2OC)c1. The molecule has 0 saturated carbocycles. The molecule has 0 aliphatic heterocycles. The van der Waals surface area contributed by atoms with Crippen molar-refractivity contribution in [2.45, 2.75) is 6.54 Å². The van der Waals surface area contributed by atoms with Gasteiger partial charge in [-0.15, -0.1) is 0 Å². The third-order valence-electron chi connectivity index (χ3n) is 3.13. The molecule has 0 spiro atoms. The number of nitrogens with one attached hydrogen (secondary N) is 1. The number of ether oxygens (including phenoxy) is 1. The summed E-state index contributed by atoms with van der Waals surface area (Å²) in [5, 5.41) is 3.16. The van der Waals surface area contributed by atoms with E-state index in [0.29, 0.717) is 0 Å². The fraction of sp³-hybridized carbons (Fsp3) is 0.250. The van der Waals surface area contributed by atoms with Crippen LogP contribution in [0, 0.1) is 0 Å². The lowest BCUT2D eigenvalue weighted by molar-refractivity contribution is 0.415. The van der Waals surface area contributed by atoms with E-state index in [-0.39, 0.29) is 0 Å². The first-order valence-corrected chi connectivity index (χ1v) is 6.35. The third-order valence-corrected chi connectivity index (χ3v) is 3.13. The molecule has 0 bridgehead atoms. The van der Waals surface area contributed by atoms with Crippen LogP contribution in [0.25, 0.3) is 0 Å². The van der Waals surface area contributed by atoms with Gasteiger partial charge in [0.1, 0.15) is 5.75 Å². The van der Waals surface area contributed by atoms with E-state index in [4.69, 9.17) is 4.74 Å². The Hall–Kier alpha value is -2.16. The Balaban J connectivity index is 2.18. The van der Waals surface area contributed by atoms with E-state index >= 15 is 0 Å². The summed E-state index contributed by atoms with van der Waals surface area (Å²) in [6.45, 7) is 0.843. The Morgan fingerprint density at radius 1 is 1.11 bits per heavy atom. The number of hydrogen-bond donors (Lipinski definition) is 1. The number of hydrogen-bond acceptors (Lipinski definition) is 3. The molecule has 2 aromatic rings. The molecule has 0 heterocycles. The maximum absolute atomic E-state index is 5.40. The maximum atomic E-state index is 5.40. The second-order valence-corrected chi connectivity index (χ2v) is 4.48. The monoisotopic (exact) mass is 256 g/mol. The quantitative estimate of drug-likeness (QED) is 0.887. The zero-order chi connectivity index (χ0) is 13.7. The van der Waals surface area contributed by atoms with Gasteiger partial charge >= 0.3 is 0 Å². The van der Waals surface area contributed by atoms with Gasteiger partial charge in [-0.2, -0.15) is 0 Å². The molecule has 0 saturated heterocycles. The third kappa shape index (κ3) is 3.19. The topological polar surface area (TPSA) is 24.5 Å². The summed E-state index contributed by atoms with van der Waals surface area (Å²) in [7, 11) is 5.71. The molecule has 1 N–H and O–H groups in total. The fourth-order valence-corrected chi connectivity index (χ4v) is 2.13. The lowest BCUT2D eigenvalue weighted by Crippen LogP contribution is -2.17. The predicted octanol–water partition coefficient (Wildman–Crippen LogP) is 3.37. The molecule has 0 aromatic heterocycles. The van der Waals surface area contributed by atoms with Crippen molar-refractivity contribution >= 4 is 11.4 Å². The highest BCUT2D eigenvalue weighted by Gasteiger charge is 2.07. The molecule has 2 aromatic carbocycles. The molecule has 0 aliphatic carbocycles. The summed E-state index contributed by atoms with van der Waals surface area (Å²) >= 11 is 0. The van der Waals surface area contributed by atoms with Crippen LogP contribution in [-0.4, -0.2) is 21.2 Å². The normalized spacial score (nSPS) is 10.1. The van der Waals surface area contributed by atoms with Crippen molar-refractivity contribution in [1.82, 2.24) is 0 Å². The lowest BCUT2D eigenvalue weighted by atomic mass is 10.1. The Morgan fingerprint density at radius 3 is 2.63 bits per heavy atom. The average molecular weight is 256 g/mol. The summed E-state index contributed by atoms with van der Waals surface area (Å²) in [5.74, 6) is 0.898. The van der Waals surface area contributed by atoms with Gasteiger partial charge in [0.25, 0.3) is 0 Å². The van der Waals surface area contributed by atoms with Crippen LogP contribution in [0.15, 0.2) is 48.5 Å². The molecule has 0 fully saturated rings. The van der Waals surface area contributed by atoms with Crippen molar-refractivity contribution < 1.29 is 4.74 Å². The molecule has 0 unspecified atom stereocenters. The first-order chi connectivity index (χ1) is 9.24. The van der Waals surface area contributed by atoms with E-state index in [9.17, 15) is 0 Å². The highest BCUT2D eigenvalue weighted by Crippen LogP contribution is 2.27. The molecule has 3 nitrogen and oxygen atoms in total. The van der Waals surface area contributed by atoms with Gasteiger partial charge in [0.2, 0.25) is 0 Å². The predicted molar refractivity (Wildman–Crippen MR) is 81.1 cm³/mol. The van der Waals surface area contributed by atoms with Crippen LogP contribution in [0.1, 0.15) is 5.56 Å². The van der Waals surface area contributed by atoms with Crippen molar-refractivity contribution in [3.8, 4) is 5.75 Å². The summed E-state index contributed by atoms with van der Waals surface area (Å²) in [5.41, 5.74) is 3.49. The summed E-state index contributed by atoms with van der Waals surface area (Å²) < 4.78 is 5.40. The smallest absolute Gasteiger partial charge is 0.142 e. The van der Waals surface area contributed by atoms with Gasteiger partial charge in [-0.25, -0.2) is 0 Å².